The van der Waals surface area contributed by atoms with Gasteiger partial charge in [-0.15, -0.1) is 10.2 Å². The van der Waals surface area contributed by atoms with E-state index in [4.69, 9.17) is 28.9 Å². The zero-order chi connectivity index (χ0) is 18.0. The number of thioether (sulfide) groups is 1. The van der Waals surface area contributed by atoms with Crippen LogP contribution in [0.25, 0.3) is 17.1 Å². The molecule has 1 amide bonds. The third-order valence-electron chi connectivity index (χ3n) is 3.49. The van der Waals surface area contributed by atoms with E-state index in [0.717, 1.165) is 16.8 Å². The van der Waals surface area contributed by atoms with E-state index in [-0.39, 0.29) is 5.75 Å². The summed E-state index contributed by atoms with van der Waals surface area (Å²) in [6, 6.07) is 13.0. The molecule has 0 aliphatic rings. The fourth-order valence-corrected chi connectivity index (χ4v) is 3.23. The van der Waals surface area contributed by atoms with Gasteiger partial charge in [-0.3, -0.25) is 9.36 Å². The molecule has 3 aromatic rings. The number of carbonyl (C=O) groups is 1. The second-order valence-electron chi connectivity index (χ2n) is 5.34. The summed E-state index contributed by atoms with van der Waals surface area (Å²) in [5.41, 5.74) is 7.87. The molecular weight excluding hydrogens is 379 g/mol. The van der Waals surface area contributed by atoms with Crippen molar-refractivity contribution < 1.29 is 4.79 Å². The summed E-state index contributed by atoms with van der Waals surface area (Å²) in [6.45, 7) is 1.93. The van der Waals surface area contributed by atoms with Gasteiger partial charge in [0.1, 0.15) is 0 Å². The Morgan fingerprint density at radius 1 is 1.16 bits per heavy atom. The number of aromatic nitrogens is 3. The number of rotatable bonds is 5. The minimum absolute atomic E-state index is 0.109. The molecule has 3 rings (SSSR count). The van der Waals surface area contributed by atoms with Gasteiger partial charge in [-0.2, -0.15) is 0 Å². The maximum atomic E-state index is 11.1. The highest BCUT2D eigenvalue weighted by atomic mass is 35.5. The molecule has 0 bridgehead atoms. The van der Waals surface area contributed by atoms with Gasteiger partial charge in [-0.25, -0.2) is 0 Å². The third-order valence-corrected chi connectivity index (χ3v) is 5.10. The summed E-state index contributed by atoms with van der Waals surface area (Å²) in [5, 5.41) is 10.3. The topological polar surface area (TPSA) is 73.8 Å². The first-order chi connectivity index (χ1) is 12.0. The molecule has 5 nitrogen and oxygen atoms in total. The van der Waals surface area contributed by atoms with Crippen LogP contribution < -0.4 is 5.73 Å². The maximum Gasteiger partial charge on any atom is 0.227 e. The van der Waals surface area contributed by atoms with E-state index < -0.39 is 5.91 Å². The number of carbonyl (C=O) groups excluding carboxylic acids is 1. The van der Waals surface area contributed by atoms with Crippen molar-refractivity contribution in [3.8, 4) is 17.1 Å². The predicted octanol–water partition coefficient (Wildman–Crippen LogP) is 4.13. The van der Waals surface area contributed by atoms with Gasteiger partial charge in [0.25, 0.3) is 0 Å². The molecule has 0 aliphatic heterocycles. The Balaban J connectivity index is 2.13. The van der Waals surface area contributed by atoms with Gasteiger partial charge in [0.15, 0.2) is 11.0 Å². The fraction of sp³-hybridized carbons (Fsp3) is 0.118. The molecule has 1 heterocycles. The van der Waals surface area contributed by atoms with Gasteiger partial charge < -0.3 is 5.73 Å². The van der Waals surface area contributed by atoms with Crippen LogP contribution in [0, 0.1) is 6.92 Å². The molecule has 2 N–H and O–H groups in total. The average molecular weight is 393 g/mol. The van der Waals surface area contributed by atoms with Crippen LogP contribution in [0.3, 0.4) is 0 Å². The highest BCUT2D eigenvalue weighted by molar-refractivity contribution is 7.99. The number of aryl methyl sites for hydroxylation is 1. The second kappa shape index (κ2) is 7.47. The van der Waals surface area contributed by atoms with Crippen molar-refractivity contribution >= 4 is 40.9 Å². The van der Waals surface area contributed by atoms with Crippen LogP contribution in [0.15, 0.2) is 47.6 Å². The Hall–Kier alpha value is -2.02. The lowest BCUT2D eigenvalue weighted by Crippen LogP contribution is -2.13. The molecule has 0 saturated carbocycles. The van der Waals surface area contributed by atoms with Crippen LogP contribution in [0.2, 0.25) is 10.0 Å². The quantitative estimate of drug-likeness (QED) is 0.662. The van der Waals surface area contributed by atoms with E-state index in [0.29, 0.717) is 21.0 Å². The SMILES string of the molecule is Cc1ccc(-n2c(SCC(N)=O)nnc2-c2ccc(Cl)cc2)cc1Cl. The van der Waals surface area contributed by atoms with E-state index in [2.05, 4.69) is 10.2 Å². The summed E-state index contributed by atoms with van der Waals surface area (Å²) in [6.07, 6.45) is 0. The summed E-state index contributed by atoms with van der Waals surface area (Å²) in [7, 11) is 0. The molecule has 0 spiro atoms. The smallest absolute Gasteiger partial charge is 0.227 e. The van der Waals surface area contributed by atoms with Crippen LogP contribution in [-0.2, 0) is 4.79 Å². The average Bonchev–Trinajstić information content (AvgIpc) is 3.00. The third kappa shape index (κ3) is 3.98. The minimum atomic E-state index is -0.422. The molecule has 128 valence electrons. The van der Waals surface area contributed by atoms with Crippen molar-refractivity contribution in [2.75, 3.05) is 5.75 Å². The number of halogens is 2. The maximum absolute atomic E-state index is 11.1. The minimum Gasteiger partial charge on any atom is -0.369 e. The lowest BCUT2D eigenvalue weighted by Gasteiger charge is -2.11. The van der Waals surface area contributed by atoms with Crippen molar-refractivity contribution in [1.29, 1.82) is 0 Å². The van der Waals surface area contributed by atoms with E-state index >= 15 is 0 Å². The highest BCUT2D eigenvalue weighted by Gasteiger charge is 2.17. The number of hydrogen-bond acceptors (Lipinski definition) is 4. The lowest BCUT2D eigenvalue weighted by molar-refractivity contribution is -0.115. The second-order valence-corrected chi connectivity index (χ2v) is 7.12. The first kappa shape index (κ1) is 17.8. The molecule has 0 radical (unpaired) electrons. The standard InChI is InChI=1S/C17H14Cl2N4OS/c1-10-2-7-13(8-14(10)19)23-16(11-3-5-12(18)6-4-11)21-22-17(23)25-9-15(20)24/h2-8H,9H2,1H3,(H2,20,24). The van der Waals surface area contributed by atoms with E-state index in [1.165, 1.54) is 11.8 Å². The monoisotopic (exact) mass is 392 g/mol. The number of benzene rings is 2. The Kier molecular flexibility index (Phi) is 5.32. The summed E-state index contributed by atoms with van der Waals surface area (Å²) >= 11 is 13.5. The largest absolute Gasteiger partial charge is 0.369 e. The van der Waals surface area contributed by atoms with Gasteiger partial charge >= 0.3 is 0 Å². The molecule has 0 aliphatic carbocycles. The van der Waals surface area contributed by atoms with Crippen LogP contribution in [0.5, 0.6) is 0 Å². The molecule has 1 aromatic heterocycles. The summed E-state index contributed by atoms with van der Waals surface area (Å²) in [4.78, 5) is 11.1. The van der Waals surface area contributed by atoms with Gasteiger partial charge in [-0.05, 0) is 48.9 Å². The predicted molar refractivity (Wildman–Crippen MR) is 101 cm³/mol. The van der Waals surface area contributed by atoms with Crippen LogP contribution in [0.1, 0.15) is 5.56 Å². The van der Waals surface area contributed by atoms with E-state index in [1.807, 2.05) is 41.8 Å². The van der Waals surface area contributed by atoms with E-state index in [1.54, 1.807) is 12.1 Å². The van der Waals surface area contributed by atoms with Crippen molar-refractivity contribution in [3.63, 3.8) is 0 Å². The molecule has 0 unspecified atom stereocenters. The lowest BCUT2D eigenvalue weighted by atomic mass is 10.2. The Labute approximate surface area is 159 Å². The first-order valence-corrected chi connectivity index (χ1v) is 9.09. The number of amides is 1. The zero-order valence-corrected chi connectivity index (χ0v) is 15.6. The highest BCUT2D eigenvalue weighted by Crippen LogP contribution is 2.30. The number of nitrogens with two attached hydrogens (primary N) is 1. The molecule has 0 fully saturated rings. The van der Waals surface area contributed by atoms with Crippen LogP contribution in [0.4, 0.5) is 0 Å². The number of nitrogens with zero attached hydrogens (tertiary/aromatic N) is 3. The van der Waals surface area contributed by atoms with Crippen molar-refractivity contribution in [3.05, 3.63) is 58.1 Å². The fourth-order valence-electron chi connectivity index (χ4n) is 2.24. The Bertz CT molecular complexity index is 925. The summed E-state index contributed by atoms with van der Waals surface area (Å²) < 4.78 is 1.85. The molecule has 25 heavy (non-hydrogen) atoms. The zero-order valence-electron chi connectivity index (χ0n) is 13.2. The van der Waals surface area contributed by atoms with Crippen LogP contribution in [-0.4, -0.2) is 26.4 Å². The number of primary amides is 1. The van der Waals surface area contributed by atoms with Crippen molar-refractivity contribution in [2.24, 2.45) is 5.73 Å². The molecular formula is C17H14Cl2N4OS. The number of hydrogen-bond donors (Lipinski definition) is 1. The molecule has 8 heteroatoms. The summed E-state index contributed by atoms with van der Waals surface area (Å²) in [5.74, 6) is 0.316. The van der Waals surface area contributed by atoms with Gasteiger partial charge in [-0.1, -0.05) is 41.0 Å². The Morgan fingerprint density at radius 2 is 1.88 bits per heavy atom. The van der Waals surface area contributed by atoms with Gasteiger partial charge in [0.2, 0.25) is 5.91 Å². The first-order valence-electron chi connectivity index (χ1n) is 7.34. The molecule has 2 aromatic carbocycles. The molecule has 0 saturated heterocycles. The van der Waals surface area contributed by atoms with Gasteiger partial charge in [0, 0.05) is 15.6 Å². The van der Waals surface area contributed by atoms with Crippen molar-refractivity contribution in [2.45, 2.75) is 12.1 Å². The van der Waals surface area contributed by atoms with E-state index in [9.17, 15) is 4.79 Å². The van der Waals surface area contributed by atoms with Crippen molar-refractivity contribution in [1.82, 2.24) is 14.8 Å². The molecule has 0 atom stereocenters. The Morgan fingerprint density at radius 3 is 2.52 bits per heavy atom. The normalized spacial score (nSPS) is 10.8. The van der Waals surface area contributed by atoms with Gasteiger partial charge in [0.05, 0.1) is 11.4 Å². The van der Waals surface area contributed by atoms with Crippen LogP contribution >= 0.6 is 35.0 Å².